The van der Waals surface area contributed by atoms with Crippen LogP contribution in [0.5, 0.6) is 5.75 Å². The number of carbonyl (C=O) groups is 1. The van der Waals surface area contributed by atoms with Crippen LogP contribution in [0.4, 0.5) is 5.69 Å². The Hall–Kier alpha value is -1.97. The number of piperazine rings is 1. The molecule has 0 unspecified atom stereocenters. The van der Waals surface area contributed by atoms with Crippen LogP contribution in [-0.2, 0) is 4.79 Å². The Morgan fingerprint density at radius 3 is 2.55 bits per heavy atom. The second kappa shape index (κ2) is 12.8. The molecule has 1 amide bonds. The number of benzene rings is 1. The van der Waals surface area contributed by atoms with Crippen molar-refractivity contribution in [1.82, 2.24) is 10.2 Å². The predicted molar refractivity (Wildman–Crippen MR) is 127 cm³/mol. The van der Waals surface area contributed by atoms with E-state index in [2.05, 4.69) is 47.2 Å². The first-order valence-corrected chi connectivity index (χ1v) is 11.4. The first-order valence-electron chi connectivity index (χ1n) is 11.4. The highest BCUT2D eigenvalue weighted by molar-refractivity contribution is 5.85. The molecule has 6 nitrogen and oxygen atoms in total. The molecule has 172 valence electrons. The van der Waals surface area contributed by atoms with Crippen LogP contribution in [-0.4, -0.2) is 55.7 Å². The molecule has 1 aliphatic heterocycles. The van der Waals surface area contributed by atoms with Gasteiger partial charge in [-0.1, -0.05) is 6.07 Å². The summed E-state index contributed by atoms with van der Waals surface area (Å²) in [4.78, 5) is 16.6. The van der Waals surface area contributed by atoms with Crippen LogP contribution in [0.1, 0.15) is 52.4 Å². The van der Waals surface area contributed by atoms with E-state index in [1.54, 1.807) is 0 Å². The number of amides is 1. The Labute approximate surface area is 193 Å². The van der Waals surface area contributed by atoms with Gasteiger partial charge in [0, 0.05) is 44.0 Å². The normalized spacial score (nSPS) is 21.8. The first-order chi connectivity index (χ1) is 14.5. The quantitative estimate of drug-likeness (QED) is 0.651. The van der Waals surface area contributed by atoms with Crippen molar-refractivity contribution in [3.05, 3.63) is 24.3 Å². The lowest BCUT2D eigenvalue weighted by atomic mass is 9.84. The molecule has 1 saturated heterocycles. The van der Waals surface area contributed by atoms with E-state index in [1.807, 2.05) is 12.1 Å². The number of ether oxygens (including phenoxy) is 1. The van der Waals surface area contributed by atoms with Crippen molar-refractivity contribution in [3.63, 3.8) is 0 Å². The molecule has 1 heterocycles. The zero-order chi connectivity index (χ0) is 21.3. The fourth-order valence-corrected chi connectivity index (χ4v) is 4.57. The molecule has 1 aromatic rings. The van der Waals surface area contributed by atoms with E-state index in [0.717, 1.165) is 50.7 Å². The molecule has 0 atom stereocenters. The summed E-state index contributed by atoms with van der Waals surface area (Å²) in [6, 6.07) is 10.6. The van der Waals surface area contributed by atoms with Crippen LogP contribution in [0.15, 0.2) is 24.3 Å². The molecule has 0 radical (unpaired) electrons. The highest BCUT2D eigenvalue weighted by atomic mass is 35.5. The van der Waals surface area contributed by atoms with Gasteiger partial charge in [-0.25, -0.2) is 0 Å². The standard InChI is InChI=1S/C24H36N4O2.ClH/c1-19(2)30-23-5-3-4-22(18-23)28-16-14-27(15-17-28)13-11-20-6-8-21(9-7-20)26-24(29)10-12-25;/h3-5,18-21H,6-11,13-17H2,1-2H3,(H,26,29);1H. The number of nitrogens with one attached hydrogen (secondary N) is 1. The van der Waals surface area contributed by atoms with Crippen LogP contribution in [0.3, 0.4) is 0 Å². The summed E-state index contributed by atoms with van der Waals surface area (Å²) in [5.41, 5.74) is 1.25. The van der Waals surface area contributed by atoms with Crippen LogP contribution in [0.25, 0.3) is 0 Å². The van der Waals surface area contributed by atoms with Gasteiger partial charge in [0.25, 0.3) is 0 Å². The molecule has 1 aromatic carbocycles. The van der Waals surface area contributed by atoms with Crippen molar-refractivity contribution in [2.75, 3.05) is 37.6 Å². The van der Waals surface area contributed by atoms with Crippen molar-refractivity contribution < 1.29 is 9.53 Å². The van der Waals surface area contributed by atoms with E-state index in [-0.39, 0.29) is 36.9 Å². The smallest absolute Gasteiger partial charge is 0.234 e. The summed E-state index contributed by atoms with van der Waals surface area (Å²) in [7, 11) is 0. The van der Waals surface area contributed by atoms with Crippen LogP contribution < -0.4 is 15.0 Å². The molecule has 0 bridgehead atoms. The van der Waals surface area contributed by atoms with E-state index in [0.29, 0.717) is 0 Å². The molecular formula is C24H37ClN4O2. The Balaban J connectivity index is 0.00000341. The van der Waals surface area contributed by atoms with Crippen molar-refractivity contribution in [2.45, 2.75) is 64.5 Å². The predicted octanol–water partition coefficient (Wildman–Crippen LogP) is 4.00. The third-order valence-electron chi connectivity index (χ3n) is 6.23. The van der Waals surface area contributed by atoms with Crippen molar-refractivity contribution in [1.29, 1.82) is 5.26 Å². The molecule has 3 rings (SSSR count). The van der Waals surface area contributed by atoms with Gasteiger partial charge in [-0.05, 0) is 70.5 Å². The molecule has 31 heavy (non-hydrogen) atoms. The van der Waals surface area contributed by atoms with E-state index in [9.17, 15) is 4.79 Å². The summed E-state index contributed by atoms with van der Waals surface area (Å²) >= 11 is 0. The third kappa shape index (κ3) is 8.23. The average Bonchev–Trinajstić information content (AvgIpc) is 2.73. The largest absolute Gasteiger partial charge is 0.491 e. The minimum absolute atomic E-state index is 0. The van der Waals surface area contributed by atoms with Gasteiger partial charge in [0.15, 0.2) is 0 Å². The zero-order valence-electron chi connectivity index (χ0n) is 18.9. The van der Waals surface area contributed by atoms with Gasteiger partial charge in [-0.3, -0.25) is 9.69 Å². The summed E-state index contributed by atoms with van der Waals surface area (Å²) in [5, 5.41) is 11.6. The fourth-order valence-electron chi connectivity index (χ4n) is 4.57. The Morgan fingerprint density at radius 2 is 1.90 bits per heavy atom. The summed E-state index contributed by atoms with van der Waals surface area (Å²) in [6.45, 7) is 9.61. The van der Waals surface area contributed by atoms with E-state index in [4.69, 9.17) is 10.00 Å². The summed E-state index contributed by atoms with van der Waals surface area (Å²) in [5.74, 6) is 1.58. The minimum atomic E-state index is -0.125. The highest BCUT2D eigenvalue weighted by Crippen LogP contribution is 2.28. The van der Waals surface area contributed by atoms with Gasteiger partial charge in [-0.2, -0.15) is 5.26 Å². The van der Waals surface area contributed by atoms with Gasteiger partial charge in [0.1, 0.15) is 12.2 Å². The third-order valence-corrected chi connectivity index (χ3v) is 6.23. The maximum absolute atomic E-state index is 11.6. The van der Waals surface area contributed by atoms with Crippen molar-refractivity contribution in [2.24, 2.45) is 5.92 Å². The second-order valence-electron chi connectivity index (χ2n) is 8.90. The Bertz CT molecular complexity index is 721. The second-order valence-corrected chi connectivity index (χ2v) is 8.90. The summed E-state index contributed by atoms with van der Waals surface area (Å²) in [6.07, 6.45) is 5.87. The van der Waals surface area contributed by atoms with Crippen LogP contribution in [0.2, 0.25) is 0 Å². The van der Waals surface area contributed by atoms with Gasteiger partial charge < -0.3 is 15.0 Å². The molecule has 7 heteroatoms. The van der Waals surface area contributed by atoms with Gasteiger partial charge >= 0.3 is 0 Å². The highest BCUT2D eigenvalue weighted by Gasteiger charge is 2.24. The van der Waals surface area contributed by atoms with Crippen LogP contribution >= 0.6 is 12.4 Å². The Morgan fingerprint density at radius 1 is 1.19 bits per heavy atom. The maximum atomic E-state index is 11.6. The molecule has 1 N–H and O–H groups in total. The topological polar surface area (TPSA) is 68.6 Å². The molecule has 1 aliphatic carbocycles. The summed E-state index contributed by atoms with van der Waals surface area (Å²) < 4.78 is 5.84. The average molecular weight is 449 g/mol. The number of halogens is 1. The molecular weight excluding hydrogens is 412 g/mol. The molecule has 0 spiro atoms. The van der Waals surface area contributed by atoms with Gasteiger partial charge in [-0.15, -0.1) is 12.4 Å². The maximum Gasteiger partial charge on any atom is 0.234 e. The van der Waals surface area contributed by atoms with E-state index < -0.39 is 0 Å². The lowest BCUT2D eigenvalue weighted by Gasteiger charge is -2.37. The molecule has 2 fully saturated rings. The van der Waals surface area contributed by atoms with Gasteiger partial charge in [0.05, 0.1) is 12.2 Å². The van der Waals surface area contributed by atoms with Crippen molar-refractivity contribution >= 4 is 24.0 Å². The number of rotatable bonds is 8. The minimum Gasteiger partial charge on any atom is -0.491 e. The Kier molecular flexibility index (Phi) is 10.4. The SMILES string of the molecule is CC(C)Oc1cccc(N2CCN(CCC3CCC(NC(=O)CC#N)CC3)CC2)c1.Cl. The van der Waals surface area contributed by atoms with E-state index >= 15 is 0 Å². The van der Waals surface area contributed by atoms with E-state index in [1.165, 1.54) is 31.5 Å². The monoisotopic (exact) mass is 448 g/mol. The van der Waals surface area contributed by atoms with Crippen LogP contribution in [0, 0.1) is 17.2 Å². The number of anilines is 1. The molecule has 0 aromatic heterocycles. The lowest BCUT2D eigenvalue weighted by Crippen LogP contribution is -2.47. The molecule has 1 saturated carbocycles. The van der Waals surface area contributed by atoms with Gasteiger partial charge in [0.2, 0.25) is 5.91 Å². The number of nitrogens with zero attached hydrogens (tertiary/aromatic N) is 3. The number of hydrogen-bond acceptors (Lipinski definition) is 5. The fraction of sp³-hybridized carbons (Fsp3) is 0.667. The first kappa shape index (κ1) is 25.3. The number of carbonyl (C=O) groups excluding carboxylic acids is 1. The molecule has 2 aliphatic rings. The van der Waals surface area contributed by atoms with Crippen molar-refractivity contribution in [3.8, 4) is 11.8 Å². The number of nitriles is 1. The number of hydrogen-bond donors (Lipinski definition) is 1. The lowest BCUT2D eigenvalue weighted by molar-refractivity contribution is -0.121. The zero-order valence-corrected chi connectivity index (χ0v) is 19.7.